The van der Waals surface area contributed by atoms with Crippen LogP contribution in [-0.4, -0.2) is 36.6 Å². The molecule has 0 fully saturated rings. The fourth-order valence-corrected chi connectivity index (χ4v) is 2.21. The molecule has 0 aliphatic carbocycles. The highest BCUT2D eigenvalue weighted by Gasteiger charge is 2.10. The third-order valence-corrected chi connectivity index (χ3v) is 3.20. The van der Waals surface area contributed by atoms with E-state index in [0.717, 1.165) is 5.01 Å². The molecule has 0 bridgehead atoms. The summed E-state index contributed by atoms with van der Waals surface area (Å²) in [5, 5.41) is 5.29. The van der Waals surface area contributed by atoms with Crippen LogP contribution in [0.15, 0.2) is 5.38 Å². The number of esters is 1. The van der Waals surface area contributed by atoms with E-state index < -0.39 is 0 Å². The molecule has 0 radical (unpaired) electrons. The highest BCUT2D eigenvalue weighted by Crippen LogP contribution is 2.09. The minimum Gasteiger partial charge on any atom is -0.466 e. The van der Waals surface area contributed by atoms with Crippen molar-refractivity contribution in [1.29, 1.82) is 0 Å². The summed E-state index contributed by atoms with van der Waals surface area (Å²) in [7, 11) is 0. The van der Waals surface area contributed by atoms with E-state index in [2.05, 4.69) is 10.3 Å². The molecule has 6 nitrogen and oxygen atoms in total. The molecule has 1 aromatic rings. The Morgan fingerprint density at radius 3 is 3.00 bits per heavy atom. The van der Waals surface area contributed by atoms with Gasteiger partial charge in [-0.1, -0.05) is 0 Å². The van der Waals surface area contributed by atoms with Crippen molar-refractivity contribution >= 4 is 23.2 Å². The van der Waals surface area contributed by atoms with Crippen LogP contribution in [0.4, 0.5) is 0 Å². The third-order valence-electron chi connectivity index (χ3n) is 2.29. The normalized spacial score (nSPS) is 10.2. The number of rotatable bonds is 8. The summed E-state index contributed by atoms with van der Waals surface area (Å²) >= 11 is 1.43. The highest BCUT2D eigenvalue weighted by atomic mass is 32.1. The van der Waals surface area contributed by atoms with Crippen LogP contribution in [0.1, 0.15) is 35.3 Å². The Balaban J connectivity index is 2.25. The Labute approximate surface area is 116 Å². The van der Waals surface area contributed by atoms with Crippen LogP contribution in [0.5, 0.6) is 0 Å². The molecule has 0 saturated heterocycles. The molecule has 19 heavy (non-hydrogen) atoms. The maximum atomic E-state index is 11.7. The predicted octanol–water partition coefficient (Wildman–Crippen LogP) is 0.717. The zero-order valence-electron chi connectivity index (χ0n) is 11.0. The summed E-state index contributed by atoms with van der Waals surface area (Å²) in [4.78, 5) is 27.0. The first-order chi connectivity index (χ1) is 9.17. The maximum absolute atomic E-state index is 11.7. The highest BCUT2D eigenvalue weighted by molar-refractivity contribution is 7.09. The topological polar surface area (TPSA) is 94.3 Å². The molecule has 0 spiro atoms. The van der Waals surface area contributed by atoms with Crippen molar-refractivity contribution in [1.82, 2.24) is 10.3 Å². The van der Waals surface area contributed by atoms with Crippen molar-refractivity contribution in [2.24, 2.45) is 5.73 Å². The van der Waals surface area contributed by atoms with Gasteiger partial charge in [-0.15, -0.1) is 11.3 Å². The molecule has 1 aromatic heterocycles. The van der Waals surface area contributed by atoms with E-state index in [1.807, 2.05) is 0 Å². The van der Waals surface area contributed by atoms with Gasteiger partial charge in [0.2, 0.25) is 0 Å². The number of nitrogens with one attached hydrogen (secondary N) is 1. The van der Waals surface area contributed by atoms with Gasteiger partial charge in [-0.3, -0.25) is 9.59 Å². The van der Waals surface area contributed by atoms with Crippen LogP contribution < -0.4 is 11.1 Å². The third kappa shape index (κ3) is 5.80. The minimum absolute atomic E-state index is 0.219. The van der Waals surface area contributed by atoms with Gasteiger partial charge >= 0.3 is 5.97 Å². The number of amides is 1. The smallest absolute Gasteiger partial charge is 0.305 e. The molecule has 0 aromatic carbocycles. The second-order valence-corrected chi connectivity index (χ2v) is 4.77. The van der Waals surface area contributed by atoms with Gasteiger partial charge in [-0.2, -0.15) is 0 Å². The molecule has 0 aliphatic heterocycles. The van der Waals surface area contributed by atoms with Gasteiger partial charge in [0, 0.05) is 24.8 Å². The molecule has 3 N–H and O–H groups in total. The number of hydrogen-bond acceptors (Lipinski definition) is 6. The first-order valence-electron chi connectivity index (χ1n) is 6.25. The van der Waals surface area contributed by atoms with Gasteiger partial charge in [-0.25, -0.2) is 4.98 Å². The molecular formula is C12H19N3O3S. The lowest BCUT2D eigenvalue weighted by Crippen LogP contribution is -2.25. The van der Waals surface area contributed by atoms with Gasteiger partial charge in [0.1, 0.15) is 5.69 Å². The van der Waals surface area contributed by atoms with Crippen LogP contribution >= 0.6 is 11.3 Å². The molecule has 0 unspecified atom stereocenters. The van der Waals surface area contributed by atoms with Gasteiger partial charge in [0.05, 0.1) is 11.6 Å². The molecule has 1 amide bonds. The number of hydrogen-bond donors (Lipinski definition) is 2. The first kappa shape index (κ1) is 15.6. The molecule has 0 aliphatic rings. The van der Waals surface area contributed by atoms with Gasteiger partial charge in [-0.05, 0) is 19.9 Å². The SMILES string of the molecule is CCOC(=O)CCCNC(=O)c1csc(CCN)n1. The molecule has 106 valence electrons. The fraction of sp³-hybridized carbons (Fsp3) is 0.583. The number of nitrogens with two attached hydrogens (primary N) is 1. The van der Waals surface area contributed by atoms with Crippen molar-refractivity contribution in [3.05, 3.63) is 16.1 Å². The first-order valence-corrected chi connectivity index (χ1v) is 7.13. The monoisotopic (exact) mass is 285 g/mol. The van der Waals surface area contributed by atoms with E-state index in [1.165, 1.54) is 11.3 Å². The van der Waals surface area contributed by atoms with Gasteiger partial charge in [0.25, 0.3) is 5.91 Å². The number of carbonyl (C=O) groups excluding carboxylic acids is 2. The number of carbonyl (C=O) groups is 2. The second kappa shape index (κ2) is 8.60. The summed E-state index contributed by atoms with van der Waals surface area (Å²) in [6.45, 7) is 3.10. The fourth-order valence-electron chi connectivity index (χ4n) is 1.41. The van der Waals surface area contributed by atoms with E-state index in [1.54, 1.807) is 12.3 Å². The van der Waals surface area contributed by atoms with Gasteiger partial charge < -0.3 is 15.8 Å². The standard InChI is InChI=1S/C12H19N3O3S/c1-2-18-11(16)4-3-7-14-12(17)9-8-19-10(15-9)5-6-13/h8H,2-7,13H2,1H3,(H,14,17). The van der Waals surface area contributed by atoms with Crippen molar-refractivity contribution in [2.45, 2.75) is 26.2 Å². The Hall–Kier alpha value is -1.47. The Morgan fingerprint density at radius 2 is 2.32 bits per heavy atom. The van der Waals surface area contributed by atoms with Crippen LogP contribution in [0, 0.1) is 0 Å². The van der Waals surface area contributed by atoms with E-state index in [0.29, 0.717) is 44.7 Å². The van der Waals surface area contributed by atoms with Crippen molar-refractivity contribution in [3.63, 3.8) is 0 Å². The van der Waals surface area contributed by atoms with Crippen LogP contribution in [0.25, 0.3) is 0 Å². The molecule has 0 atom stereocenters. The number of ether oxygens (including phenoxy) is 1. The Bertz CT molecular complexity index is 420. The van der Waals surface area contributed by atoms with Crippen molar-refractivity contribution in [2.75, 3.05) is 19.7 Å². The lowest BCUT2D eigenvalue weighted by atomic mass is 10.3. The van der Waals surface area contributed by atoms with E-state index >= 15 is 0 Å². The van der Waals surface area contributed by atoms with Crippen LogP contribution in [-0.2, 0) is 16.0 Å². The lowest BCUT2D eigenvalue weighted by molar-refractivity contribution is -0.143. The van der Waals surface area contributed by atoms with E-state index in [4.69, 9.17) is 10.5 Å². The Kier molecular flexibility index (Phi) is 7.06. The number of thiazole rings is 1. The number of aromatic nitrogens is 1. The van der Waals surface area contributed by atoms with Crippen LogP contribution in [0.3, 0.4) is 0 Å². The summed E-state index contributed by atoms with van der Waals surface area (Å²) < 4.78 is 4.79. The van der Waals surface area contributed by atoms with Crippen molar-refractivity contribution in [3.8, 4) is 0 Å². The number of nitrogens with zero attached hydrogens (tertiary/aromatic N) is 1. The summed E-state index contributed by atoms with van der Waals surface area (Å²) in [5.74, 6) is -0.459. The largest absolute Gasteiger partial charge is 0.466 e. The van der Waals surface area contributed by atoms with Crippen molar-refractivity contribution < 1.29 is 14.3 Å². The summed E-state index contributed by atoms with van der Waals surface area (Å²) in [6, 6.07) is 0. The molecule has 1 heterocycles. The molecular weight excluding hydrogens is 266 g/mol. The van der Waals surface area contributed by atoms with Crippen LogP contribution in [0.2, 0.25) is 0 Å². The second-order valence-electron chi connectivity index (χ2n) is 3.83. The zero-order chi connectivity index (χ0) is 14.1. The quantitative estimate of drug-likeness (QED) is 0.542. The predicted molar refractivity (Wildman–Crippen MR) is 73.1 cm³/mol. The summed E-state index contributed by atoms with van der Waals surface area (Å²) in [5.41, 5.74) is 5.83. The average Bonchev–Trinajstić information content (AvgIpc) is 2.84. The average molecular weight is 285 g/mol. The zero-order valence-corrected chi connectivity index (χ0v) is 11.8. The summed E-state index contributed by atoms with van der Waals surface area (Å²) in [6.07, 6.45) is 1.55. The van der Waals surface area contributed by atoms with Gasteiger partial charge in [0.15, 0.2) is 0 Å². The Morgan fingerprint density at radius 1 is 1.53 bits per heavy atom. The molecule has 7 heteroatoms. The molecule has 1 rings (SSSR count). The molecule has 0 saturated carbocycles. The minimum atomic E-state index is -0.240. The lowest BCUT2D eigenvalue weighted by Gasteiger charge is -2.03. The van der Waals surface area contributed by atoms with E-state index in [-0.39, 0.29) is 11.9 Å². The van der Waals surface area contributed by atoms with E-state index in [9.17, 15) is 9.59 Å². The maximum Gasteiger partial charge on any atom is 0.305 e.